The van der Waals surface area contributed by atoms with Crippen LogP contribution < -0.4 is 0 Å². The number of aliphatic hydroxyl groups is 2. The Labute approximate surface area is 179 Å². The van der Waals surface area contributed by atoms with E-state index in [-0.39, 0.29) is 26.3 Å². The molecule has 2 aliphatic rings. The van der Waals surface area contributed by atoms with Crippen LogP contribution in [0.15, 0.2) is 12.7 Å². The zero-order chi connectivity index (χ0) is 21.8. The molecular weight excluding hydrogens is 390 g/mol. The van der Waals surface area contributed by atoms with Crippen molar-refractivity contribution < 1.29 is 29.3 Å². The number of likely N-dealkylation sites (tertiary alicyclic amines) is 2. The van der Waals surface area contributed by atoms with E-state index in [1.165, 1.54) is 0 Å². The molecule has 2 amide bonds. The largest absolute Gasteiger partial charge is 0.447 e. The van der Waals surface area contributed by atoms with Crippen LogP contribution in [-0.4, -0.2) is 108 Å². The van der Waals surface area contributed by atoms with Crippen molar-refractivity contribution in [3.63, 3.8) is 0 Å². The number of rotatable bonds is 10. The molecule has 2 aliphatic heterocycles. The molecule has 2 N–H and O–H groups in total. The summed E-state index contributed by atoms with van der Waals surface area (Å²) in [4.78, 5) is 29.2. The molecule has 0 aliphatic carbocycles. The van der Waals surface area contributed by atoms with Crippen molar-refractivity contribution in [1.29, 1.82) is 0 Å². The van der Waals surface area contributed by atoms with Crippen LogP contribution in [0, 0.1) is 0 Å². The van der Waals surface area contributed by atoms with Gasteiger partial charge in [-0.2, -0.15) is 0 Å². The molecule has 2 heterocycles. The molecule has 2 fully saturated rings. The number of carbonyl (C=O) groups is 2. The monoisotopic (exact) mass is 427 g/mol. The minimum absolute atomic E-state index is 0.108. The zero-order valence-corrected chi connectivity index (χ0v) is 17.9. The van der Waals surface area contributed by atoms with Crippen molar-refractivity contribution >= 4 is 12.2 Å². The fraction of sp³-hybridized carbons (Fsp3) is 0.810. The lowest BCUT2D eigenvalue weighted by molar-refractivity contribution is 0.00545. The molecule has 2 unspecified atom stereocenters. The smallest absolute Gasteiger partial charge is 0.409 e. The average Bonchev–Trinajstić information content (AvgIpc) is 2.77. The Kier molecular flexibility index (Phi) is 11.0. The molecule has 2 saturated heterocycles. The Hall–Kier alpha value is -1.84. The van der Waals surface area contributed by atoms with Gasteiger partial charge in [0.25, 0.3) is 0 Å². The second-order valence-electron chi connectivity index (χ2n) is 8.06. The summed E-state index contributed by atoms with van der Waals surface area (Å²) in [5.41, 5.74) is 0. The first-order valence-electron chi connectivity index (χ1n) is 11.0. The highest BCUT2D eigenvalue weighted by Gasteiger charge is 2.22. The fourth-order valence-electron chi connectivity index (χ4n) is 3.78. The summed E-state index contributed by atoms with van der Waals surface area (Å²) in [6.07, 6.45) is 5.26. The summed E-state index contributed by atoms with van der Waals surface area (Å²) in [7, 11) is 0. The summed E-state index contributed by atoms with van der Waals surface area (Å²) < 4.78 is 10.4. The predicted molar refractivity (Wildman–Crippen MR) is 112 cm³/mol. The molecule has 30 heavy (non-hydrogen) atoms. The fourth-order valence-corrected chi connectivity index (χ4v) is 3.78. The van der Waals surface area contributed by atoms with E-state index in [0.29, 0.717) is 32.7 Å². The molecule has 0 bridgehead atoms. The molecule has 2 rings (SSSR count). The highest BCUT2D eigenvalue weighted by molar-refractivity contribution is 5.68. The van der Waals surface area contributed by atoms with Crippen LogP contribution in [-0.2, 0) is 9.47 Å². The number of nitrogens with zero attached hydrogens (tertiary/aromatic N) is 3. The van der Waals surface area contributed by atoms with Gasteiger partial charge in [-0.1, -0.05) is 6.08 Å². The van der Waals surface area contributed by atoms with Crippen LogP contribution in [0.2, 0.25) is 0 Å². The summed E-state index contributed by atoms with van der Waals surface area (Å²) in [6, 6.07) is 0. The minimum atomic E-state index is -0.887. The van der Waals surface area contributed by atoms with Gasteiger partial charge in [-0.15, -0.1) is 6.58 Å². The van der Waals surface area contributed by atoms with E-state index in [9.17, 15) is 19.8 Å². The number of ether oxygens (including phenoxy) is 2. The molecule has 0 aromatic heterocycles. The van der Waals surface area contributed by atoms with Gasteiger partial charge in [0.1, 0.15) is 25.4 Å². The average molecular weight is 428 g/mol. The van der Waals surface area contributed by atoms with Gasteiger partial charge in [0, 0.05) is 45.8 Å². The van der Waals surface area contributed by atoms with Crippen LogP contribution in [0.4, 0.5) is 9.59 Å². The summed E-state index contributed by atoms with van der Waals surface area (Å²) >= 11 is 0. The second kappa shape index (κ2) is 13.5. The summed E-state index contributed by atoms with van der Waals surface area (Å²) in [5, 5.41) is 20.5. The summed E-state index contributed by atoms with van der Waals surface area (Å²) in [5.74, 6) is 0. The molecule has 172 valence electrons. The van der Waals surface area contributed by atoms with E-state index in [2.05, 4.69) is 6.58 Å². The van der Waals surface area contributed by atoms with Crippen molar-refractivity contribution in [3.8, 4) is 0 Å². The Morgan fingerprint density at radius 1 is 0.833 bits per heavy atom. The Bertz CT molecular complexity index is 493. The molecule has 0 saturated carbocycles. The van der Waals surface area contributed by atoms with Gasteiger partial charge in [0.05, 0.1) is 0 Å². The van der Waals surface area contributed by atoms with Gasteiger partial charge in [0.15, 0.2) is 0 Å². The van der Waals surface area contributed by atoms with E-state index < -0.39 is 24.4 Å². The number of aliphatic hydroxyl groups excluding tert-OH is 2. The van der Waals surface area contributed by atoms with E-state index in [1.54, 1.807) is 20.8 Å². The standard InChI is InChI=1S/C21H37N3O6/c1-2-9-22(14-18(25)16-29-20(27)23-10-5-3-6-11-23)15-19(26)17-30-21(28)24-12-7-4-8-13-24/h2,18-19,25-26H,1,3-17H2. The third-order valence-electron chi connectivity index (χ3n) is 5.35. The van der Waals surface area contributed by atoms with Crippen molar-refractivity contribution in [1.82, 2.24) is 14.7 Å². The molecule has 0 aromatic carbocycles. The first-order chi connectivity index (χ1) is 14.5. The molecule has 9 nitrogen and oxygen atoms in total. The van der Waals surface area contributed by atoms with Gasteiger partial charge >= 0.3 is 12.2 Å². The molecule has 9 heteroatoms. The van der Waals surface area contributed by atoms with Crippen LogP contribution in [0.1, 0.15) is 38.5 Å². The first kappa shape index (κ1) is 24.4. The van der Waals surface area contributed by atoms with E-state index >= 15 is 0 Å². The maximum Gasteiger partial charge on any atom is 0.409 e. The Morgan fingerprint density at radius 3 is 1.60 bits per heavy atom. The maximum atomic E-state index is 12.0. The Morgan fingerprint density at radius 2 is 1.23 bits per heavy atom. The number of hydrogen-bond donors (Lipinski definition) is 2. The third-order valence-corrected chi connectivity index (χ3v) is 5.35. The molecule has 0 spiro atoms. The van der Waals surface area contributed by atoms with Gasteiger partial charge < -0.3 is 29.5 Å². The van der Waals surface area contributed by atoms with E-state index in [0.717, 1.165) is 38.5 Å². The van der Waals surface area contributed by atoms with Crippen LogP contribution >= 0.6 is 0 Å². The van der Waals surface area contributed by atoms with E-state index in [1.807, 2.05) is 0 Å². The maximum absolute atomic E-state index is 12.0. The number of carbonyl (C=O) groups excluding carboxylic acids is 2. The molecule has 0 aromatic rings. The van der Waals surface area contributed by atoms with Gasteiger partial charge in [-0.3, -0.25) is 4.90 Å². The molecule has 0 radical (unpaired) electrons. The van der Waals surface area contributed by atoms with Crippen LogP contribution in [0.3, 0.4) is 0 Å². The lowest BCUT2D eigenvalue weighted by Gasteiger charge is -2.29. The topological polar surface area (TPSA) is 103 Å². The van der Waals surface area contributed by atoms with E-state index in [4.69, 9.17) is 9.47 Å². The lowest BCUT2D eigenvalue weighted by atomic mass is 10.1. The lowest BCUT2D eigenvalue weighted by Crippen LogP contribution is -2.43. The zero-order valence-electron chi connectivity index (χ0n) is 17.9. The molecular formula is C21H37N3O6. The number of amides is 2. The Balaban J connectivity index is 1.68. The number of piperidine rings is 2. The molecule has 2 atom stereocenters. The van der Waals surface area contributed by atoms with Crippen molar-refractivity contribution in [2.75, 3.05) is 59.0 Å². The predicted octanol–water partition coefficient (Wildman–Crippen LogP) is 1.44. The number of hydrogen-bond acceptors (Lipinski definition) is 7. The first-order valence-corrected chi connectivity index (χ1v) is 11.0. The van der Waals surface area contributed by atoms with Crippen molar-refractivity contribution in [2.24, 2.45) is 0 Å². The van der Waals surface area contributed by atoms with Gasteiger partial charge in [-0.05, 0) is 38.5 Å². The van der Waals surface area contributed by atoms with Crippen molar-refractivity contribution in [3.05, 3.63) is 12.7 Å². The SMILES string of the molecule is C=CCN(CC(O)COC(=O)N1CCCCC1)CC(O)COC(=O)N1CCCCC1. The van der Waals surface area contributed by atoms with Gasteiger partial charge in [0.2, 0.25) is 0 Å². The summed E-state index contributed by atoms with van der Waals surface area (Å²) in [6.45, 7) is 7.11. The van der Waals surface area contributed by atoms with Crippen LogP contribution in [0.5, 0.6) is 0 Å². The second-order valence-corrected chi connectivity index (χ2v) is 8.06. The quantitative estimate of drug-likeness (QED) is 0.509. The third kappa shape index (κ3) is 8.89. The minimum Gasteiger partial charge on any atom is -0.447 e. The van der Waals surface area contributed by atoms with Crippen LogP contribution in [0.25, 0.3) is 0 Å². The highest BCUT2D eigenvalue weighted by Crippen LogP contribution is 2.11. The van der Waals surface area contributed by atoms with Gasteiger partial charge in [-0.25, -0.2) is 9.59 Å². The normalized spacial score (nSPS) is 19.3. The van der Waals surface area contributed by atoms with Crippen molar-refractivity contribution in [2.45, 2.75) is 50.7 Å². The highest BCUT2D eigenvalue weighted by atomic mass is 16.6.